The van der Waals surface area contributed by atoms with Gasteiger partial charge in [0.2, 0.25) is 0 Å². The fourth-order valence-corrected chi connectivity index (χ4v) is 2.85. The largest absolute Gasteiger partial charge is 0.261 e. The lowest BCUT2D eigenvalue weighted by Crippen LogP contribution is -2.00. The minimum atomic E-state index is 0.199. The summed E-state index contributed by atoms with van der Waals surface area (Å²) in [5.74, 6) is 0. The van der Waals surface area contributed by atoms with E-state index in [9.17, 15) is 0 Å². The molecular formula is C14H13BrClN. The van der Waals surface area contributed by atoms with Crippen LogP contribution in [0, 0.1) is 6.92 Å². The third kappa shape index (κ3) is 3.08. The van der Waals surface area contributed by atoms with Crippen molar-refractivity contribution in [3.63, 3.8) is 0 Å². The van der Waals surface area contributed by atoms with Gasteiger partial charge in [0, 0.05) is 28.2 Å². The molecule has 88 valence electrons. The van der Waals surface area contributed by atoms with Crippen LogP contribution in [0.1, 0.15) is 21.6 Å². The highest BCUT2D eigenvalue weighted by atomic mass is 79.9. The SMILES string of the molecule is Cc1cccnc1CC(Br)c1ccccc1Cl. The summed E-state index contributed by atoms with van der Waals surface area (Å²) in [7, 11) is 0. The first-order valence-electron chi connectivity index (χ1n) is 5.47. The third-order valence-corrected chi connectivity index (χ3v) is 3.89. The average Bonchev–Trinajstić information content (AvgIpc) is 2.32. The predicted octanol–water partition coefficient (Wildman–Crippen LogP) is 4.72. The summed E-state index contributed by atoms with van der Waals surface area (Å²) >= 11 is 9.86. The maximum Gasteiger partial charge on any atom is 0.0465 e. The first-order valence-corrected chi connectivity index (χ1v) is 6.77. The number of halogens is 2. The van der Waals surface area contributed by atoms with E-state index in [2.05, 4.69) is 33.9 Å². The van der Waals surface area contributed by atoms with Gasteiger partial charge in [-0.15, -0.1) is 0 Å². The van der Waals surface area contributed by atoms with Crippen LogP contribution in [0.5, 0.6) is 0 Å². The Morgan fingerprint density at radius 3 is 2.71 bits per heavy atom. The molecule has 1 nitrogen and oxygen atoms in total. The van der Waals surface area contributed by atoms with Gasteiger partial charge in [-0.1, -0.05) is 51.8 Å². The van der Waals surface area contributed by atoms with E-state index in [-0.39, 0.29) is 4.83 Å². The molecule has 1 unspecified atom stereocenters. The zero-order valence-electron chi connectivity index (χ0n) is 9.53. The maximum absolute atomic E-state index is 6.17. The second-order valence-electron chi connectivity index (χ2n) is 3.96. The van der Waals surface area contributed by atoms with Crippen molar-refractivity contribution in [3.05, 3.63) is 64.4 Å². The molecule has 2 aromatic rings. The Kier molecular flexibility index (Phi) is 4.19. The number of aryl methyl sites for hydroxylation is 1. The normalized spacial score (nSPS) is 12.4. The van der Waals surface area contributed by atoms with Crippen LogP contribution in [0.2, 0.25) is 5.02 Å². The number of hydrogen-bond donors (Lipinski definition) is 0. The van der Waals surface area contributed by atoms with Gasteiger partial charge in [0.1, 0.15) is 0 Å². The van der Waals surface area contributed by atoms with Crippen molar-refractivity contribution >= 4 is 27.5 Å². The van der Waals surface area contributed by atoms with Crippen LogP contribution >= 0.6 is 27.5 Å². The van der Waals surface area contributed by atoms with Crippen molar-refractivity contribution in [1.29, 1.82) is 0 Å². The molecule has 0 spiro atoms. The second kappa shape index (κ2) is 5.65. The third-order valence-electron chi connectivity index (χ3n) is 2.73. The first kappa shape index (κ1) is 12.6. The van der Waals surface area contributed by atoms with E-state index in [1.165, 1.54) is 5.56 Å². The van der Waals surface area contributed by atoms with Crippen LogP contribution in [0.25, 0.3) is 0 Å². The van der Waals surface area contributed by atoms with Gasteiger partial charge < -0.3 is 0 Å². The van der Waals surface area contributed by atoms with E-state index in [1.807, 2.05) is 36.5 Å². The molecule has 1 aromatic carbocycles. The molecule has 0 radical (unpaired) electrons. The fourth-order valence-electron chi connectivity index (χ4n) is 1.74. The molecule has 0 aliphatic heterocycles. The zero-order chi connectivity index (χ0) is 12.3. The number of benzene rings is 1. The summed E-state index contributed by atoms with van der Waals surface area (Å²) in [5, 5.41) is 0.794. The highest BCUT2D eigenvalue weighted by molar-refractivity contribution is 9.09. The van der Waals surface area contributed by atoms with Crippen molar-refractivity contribution in [2.75, 3.05) is 0 Å². The minimum Gasteiger partial charge on any atom is -0.261 e. The Morgan fingerprint density at radius 2 is 2.00 bits per heavy atom. The number of hydrogen-bond acceptors (Lipinski definition) is 1. The van der Waals surface area contributed by atoms with Crippen molar-refractivity contribution in [3.8, 4) is 0 Å². The Hall–Kier alpha value is -0.860. The summed E-state index contributed by atoms with van der Waals surface area (Å²) in [6.07, 6.45) is 2.67. The van der Waals surface area contributed by atoms with Gasteiger partial charge in [0.15, 0.2) is 0 Å². The lowest BCUT2D eigenvalue weighted by molar-refractivity contribution is 0.892. The van der Waals surface area contributed by atoms with E-state index >= 15 is 0 Å². The molecule has 1 heterocycles. The first-order chi connectivity index (χ1) is 8.18. The van der Waals surface area contributed by atoms with E-state index in [0.717, 1.165) is 22.7 Å². The molecule has 17 heavy (non-hydrogen) atoms. The molecule has 0 saturated heterocycles. The summed E-state index contributed by atoms with van der Waals surface area (Å²) in [6.45, 7) is 2.08. The quantitative estimate of drug-likeness (QED) is 0.747. The minimum absolute atomic E-state index is 0.199. The highest BCUT2D eigenvalue weighted by Crippen LogP contribution is 2.32. The molecule has 1 aromatic heterocycles. The average molecular weight is 311 g/mol. The van der Waals surface area contributed by atoms with Crippen LogP contribution < -0.4 is 0 Å². The molecule has 0 saturated carbocycles. The smallest absolute Gasteiger partial charge is 0.0465 e. The van der Waals surface area contributed by atoms with Gasteiger partial charge in [0.25, 0.3) is 0 Å². The zero-order valence-corrected chi connectivity index (χ0v) is 11.9. The van der Waals surface area contributed by atoms with Gasteiger partial charge in [-0.2, -0.15) is 0 Å². The van der Waals surface area contributed by atoms with Gasteiger partial charge in [0.05, 0.1) is 0 Å². The number of alkyl halides is 1. The van der Waals surface area contributed by atoms with Crippen LogP contribution in [-0.2, 0) is 6.42 Å². The molecule has 0 fully saturated rings. The molecule has 2 rings (SSSR count). The molecule has 0 bridgehead atoms. The van der Waals surface area contributed by atoms with E-state index in [4.69, 9.17) is 11.6 Å². The highest BCUT2D eigenvalue weighted by Gasteiger charge is 2.13. The molecule has 0 aliphatic carbocycles. The Bertz CT molecular complexity index is 513. The van der Waals surface area contributed by atoms with Gasteiger partial charge >= 0.3 is 0 Å². The van der Waals surface area contributed by atoms with Gasteiger partial charge in [-0.25, -0.2) is 0 Å². The predicted molar refractivity (Wildman–Crippen MR) is 75.8 cm³/mol. The van der Waals surface area contributed by atoms with E-state index < -0.39 is 0 Å². The summed E-state index contributed by atoms with van der Waals surface area (Å²) < 4.78 is 0. The summed E-state index contributed by atoms with van der Waals surface area (Å²) in [5.41, 5.74) is 3.43. The van der Waals surface area contributed by atoms with Crippen LogP contribution in [-0.4, -0.2) is 4.98 Å². The molecule has 0 N–H and O–H groups in total. The summed E-state index contributed by atoms with van der Waals surface area (Å²) in [4.78, 5) is 4.60. The molecule has 1 atom stereocenters. The molecule has 0 aliphatic rings. The summed E-state index contributed by atoms with van der Waals surface area (Å²) in [6, 6.07) is 11.9. The molecule has 3 heteroatoms. The van der Waals surface area contributed by atoms with E-state index in [1.54, 1.807) is 0 Å². The van der Waals surface area contributed by atoms with Crippen LogP contribution in [0.15, 0.2) is 42.6 Å². The number of aromatic nitrogens is 1. The Balaban J connectivity index is 2.20. The number of nitrogens with zero attached hydrogens (tertiary/aromatic N) is 1. The standard InChI is InChI=1S/C14H13BrClN/c1-10-5-4-8-17-14(10)9-12(15)11-6-2-3-7-13(11)16/h2-8,12H,9H2,1H3. The topological polar surface area (TPSA) is 12.9 Å². The van der Waals surface area contributed by atoms with Crippen molar-refractivity contribution in [2.24, 2.45) is 0 Å². The van der Waals surface area contributed by atoms with Crippen LogP contribution in [0.4, 0.5) is 0 Å². The molecule has 0 amide bonds. The number of pyridine rings is 1. The monoisotopic (exact) mass is 309 g/mol. The number of rotatable bonds is 3. The van der Waals surface area contributed by atoms with Crippen molar-refractivity contribution in [1.82, 2.24) is 4.98 Å². The van der Waals surface area contributed by atoms with Crippen molar-refractivity contribution < 1.29 is 0 Å². The van der Waals surface area contributed by atoms with Crippen LogP contribution in [0.3, 0.4) is 0 Å². The second-order valence-corrected chi connectivity index (χ2v) is 5.47. The lowest BCUT2D eigenvalue weighted by Gasteiger charge is -2.12. The Morgan fingerprint density at radius 1 is 1.24 bits per heavy atom. The van der Waals surface area contributed by atoms with Gasteiger partial charge in [-0.3, -0.25) is 4.98 Å². The van der Waals surface area contributed by atoms with E-state index in [0.29, 0.717) is 0 Å². The lowest BCUT2D eigenvalue weighted by atomic mass is 10.1. The molecular weight excluding hydrogens is 298 g/mol. The fraction of sp³-hybridized carbons (Fsp3) is 0.214. The van der Waals surface area contributed by atoms with Crippen molar-refractivity contribution in [2.45, 2.75) is 18.2 Å². The Labute approximate surface area is 115 Å². The van der Waals surface area contributed by atoms with Gasteiger partial charge in [-0.05, 0) is 30.2 Å². The maximum atomic E-state index is 6.17.